The molecule has 5 aliphatic rings. The molecule has 1 N–H and O–H groups in total. The van der Waals surface area contributed by atoms with Gasteiger partial charge in [0.15, 0.2) is 5.82 Å². The third kappa shape index (κ3) is 5.84. The van der Waals surface area contributed by atoms with Crippen molar-refractivity contribution in [3.8, 4) is 11.5 Å². The van der Waals surface area contributed by atoms with E-state index in [1.165, 1.54) is 65.3 Å². The van der Waals surface area contributed by atoms with Crippen LogP contribution in [0, 0.1) is 0 Å². The topological polar surface area (TPSA) is 108 Å². The zero-order valence-electron chi connectivity index (χ0n) is 29.8. The quantitative estimate of drug-likeness (QED) is 0.182. The van der Waals surface area contributed by atoms with Crippen LogP contribution >= 0.6 is 22.7 Å². The lowest BCUT2D eigenvalue weighted by atomic mass is 9.94. The number of rotatable bonds is 6. The molecule has 0 aromatic carbocycles. The molecule has 3 unspecified atom stereocenters. The maximum absolute atomic E-state index is 13.1. The van der Waals surface area contributed by atoms with Gasteiger partial charge in [-0.3, -0.25) is 4.68 Å². The first kappa shape index (κ1) is 36.0. The van der Waals surface area contributed by atoms with E-state index in [9.17, 15) is 9.90 Å². The number of aromatic nitrogens is 5. The molecule has 1 saturated carbocycles. The maximum atomic E-state index is 13.1. The summed E-state index contributed by atoms with van der Waals surface area (Å²) in [4.78, 5) is 14.3. The Hall–Kier alpha value is -2.42. The predicted molar refractivity (Wildman–Crippen MR) is 190 cm³/mol. The first-order valence-electron chi connectivity index (χ1n) is 18.0. The Morgan fingerprint density at radius 3 is 2.20 bits per heavy atom. The van der Waals surface area contributed by atoms with Gasteiger partial charge in [0.25, 0.3) is 0 Å². The SMILES string of the molecule is CCc1nn(C2CCCC2)c2c1CCn1c-2nnc1C(C)(C)C.C[N+]1(C)C2CC(OC(=O)C(O)(c3cccs3)c3cccs3)CC1[C@@H]1O[C@H]21.[Br-]. The molecule has 0 spiro atoms. The van der Waals surface area contributed by atoms with Gasteiger partial charge in [0.05, 0.1) is 35.6 Å². The fourth-order valence-corrected chi connectivity index (χ4v) is 10.7. The zero-order chi connectivity index (χ0) is 34.3. The van der Waals surface area contributed by atoms with E-state index >= 15 is 0 Å². The smallest absolute Gasteiger partial charge is 0.349 e. The average molecular weight is 786 g/mol. The van der Waals surface area contributed by atoms with Gasteiger partial charge in [-0.2, -0.15) is 5.10 Å². The summed E-state index contributed by atoms with van der Waals surface area (Å²) < 4.78 is 17.3. The van der Waals surface area contributed by atoms with E-state index in [0.717, 1.165) is 48.4 Å². The van der Waals surface area contributed by atoms with Gasteiger partial charge in [-0.05, 0) is 48.6 Å². The van der Waals surface area contributed by atoms with Crippen molar-refractivity contribution in [2.75, 3.05) is 14.1 Å². The fourth-order valence-electron chi connectivity index (χ4n) is 9.01. The first-order chi connectivity index (χ1) is 23.4. The van der Waals surface area contributed by atoms with Crippen molar-refractivity contribution in [2.24, 2.45) is 0 Å². The number of morpholine rings is 1. The second-order valence-corrected chi connectivity index (χ2v) is 17.9. The van der Waals surface area contributed by atoms with E-state index in [-0.39, 0.29) is 28.5 Å². The Kier molecular flexibility index (Phi) is 9.50. The molecule has 4 aromatic rings. The van der Waals surface area contributed by atoms with E-state index in [2.05, 4.69) is 61.2 Å². The van der Waals surface area contributed by atoms with Crippen molar-refractivity contribution in [3.05, 3.63) is 61.9 Å². The number of quaternary nitrogens is 1. The number of nitrogens with zero attached hydrogens (tertiary/aromatic N) is 6. The lowest BCUT2D eigenvalue weighted by Gasteiger charge is -2.45. The number of fused-ring (bicyclic) bond motifs is 8. The Bertz CT molecular complexity index is 1770. The van der Waals surface area contributed by atoms with E-state index in [4.69, 9.17) is 14.6 Å². The Morgan fingerprint density at radius 2 is 1.66 bits per heavy atom. The maximum Gasteiger partial charge on any atom is 0.349 e. The average Bonchev–Trinajstić information content (AvgIpc) is 3.77. The number of esters is 1. The molecule has 9 rings (SSSR count). The van der Waals surface area contributed by atoms with Gasteiger partial charge < -0.3 is 40.6 Å². The number of piperidine rings is 1. The minimum absolute atomic E-state index is 0. The van der Waals surface area contributed by atoms with Crippen LogP contribution in [0.3, 0.4) is 0 Å². The van der Waals surface area contributed by atoms with E-state index in [1.807, 2.05) is 22.9 Å². The molecule has 13 heteroatoms. The van der Waals surface area contributed by atoms with Crippen LogP contribution in [0.15, 0.2) is 35.0 Å². The lowest BCUT2D eigenvalue weighted by Crippen LogP contribution is -3.00. The van der Waals surface area contributed by atoms with Gasteiger partial charge in [0, 0.05) is 30.4 Å². The highest BCUT2D eigenvalue weighted by atomic mass is 79.9. The van der Waals surface area contributed by atoms with Crippen molar-refractivity contribution in [3.63, 3.8) is 0 Å². The molecule has 5 atom stereocenters. The first-order valence-corrected chi connectivity index (χ1v) is 19.7. The Balaban J connectivity index is 0.000000155. The molecule has 1 aliphatic carbocycles. The summed E-state index contributed by atoms with van der Waals surface area (Å²) in [6.45, 7) is 9.83. The highest BCUT2D eigenvalue weighted by molar-refractivity contribution is 7.12. The van der Waals surface area contributed by atoms with Gasteiger partial charge in [0.2, 0.25) is 5.60 Å². The van der Waals surface area contributed by atoms with Crippen LogP contribution in [-0.2, 0) is 44.7 Å². The highest BCUT2D eigenvalue weighted by Gasteiger charge is 2.71. The molecule has 0 amide bonds. The third-order valence-corrected chi connectivity index (χ3v) is 13.6. The minimum Gasteiger partial charge on any atom is -1.00 e. The monoisotopic (exact) mass is 784 g/mol. The molecule has 2 bridgehead atoms. The number of aryl methyl sites for hydroxylation is 1. The molecular formula is C37H49BrN6O4S2. The molecule has 4 aliphatic heterocycles. The number of aliphatic hydroxyl groups is 1. The fraction of sp³-hybridized carbons (Fsp3) is 0.622. The van der Waals surface area contributed by atoms with E-state index < -0.39 is 11.6 Å². The summed E-state index contributed by atoms with van der Waals surface area (Å²) in [5, 5.41) is 29.2. The number of thiophene rings is 2. The number of ether oxygens (including phenoxy) is 2. The second kappa shape index (κ2) is 13.2. The summed E-state index contributed by atoms with van der Waals surface area (Å²) in [5.41, 5.74) is 2.23. The number of hydrogen-bond donors (Lipinski definition) is 1. The molecule has 3 saturated heterocycles. The number of hydrogen-bond acceptors (Lipinski definition) is 9. The normalized spacial score (nSPS) is 26.3. The number of carbonyl (C=O) groups excluding carboxylic acids is 1. The van der Waals surface area contributed by atoms with Crippen LogP contribution in [0.5, 0.6) is 0 Å². The minimum atomic E-state index is -1.72. The van der Waals surface area contributed by atoms with Crippen LogP contribution in [0.4, 0.5) is 0 Å². The number of likely N-dealkylation sites (N-methyl/N-ethyl adjacent to an activating group) is 1. The summed E-state index contributed by atoms with van der Waals surface area (Å²) in [7, 11) is 4.49. The van der Waals surface area contributed by atoms with Crippen LogP contribution < -0.4 is 17.0 Å². The second-order valence-electron chi connectivity index (χ2n) is 16.0. The zero-order valence-corrected chi connectivity index (χ0v) is 33.1. The molecule has 4 aromatic heterocycles. The van der Waals surface area contributed by atoms with Crippen molar-refractivity contribution in [1.29, 1.82) is 0 Å². The highest BCUT2D eigenvalue weighted by Crippen LogP contribution is 2.52. The van der Waals surface area contributed by atoms with Crippen LogP contribution in [-0.4, -0.2) is 84.6 Å². The lowest BCUT2D eigenvalue weighted by molar-refractivity contribution is -0.938. The number of carbonyl (C=O) groups is 1. The Morgan fingerprint density at radius 1 is 1.04 bits per heavy atom. The number of epoxide rings is 1. The summed E-state index contributed by atoms with van der Waals surface area (Å²) in [6.07, 6.45) is 9.24. The summed E-state index contributed by atoms with van der Waals surface area (Å²) in [5.74, 6) is 1.57. The summed E-state index contributed by atoms with van der Waals surface area (Å²) >= 11 is 2.74. The van der Waals surface area contributed by atoms with E-state index in [0.29, 0.717) is 40.1 Å². The van der Waals surface area contributed by atoms with Gasteiger partial charge >= 0.3 is 5.97 Å². The molecule has 270 valence electrons. The molecule has 8 heterocycles. The van der Waals surface area contributed by atoms with Crippen molar-refractivity contribution in [1.82, 2.24) is 24.5 Å². The largest absolute Gasteiger partial charge is 1.00 e. The third-order valence-electron chi connectivity index (χ3n) is 11.7. The standard InChI is InChI=1S/C19H22NO4S2.C18H27N5.BrH/c1-20(2)12-9-11(10-13(20)17-16(12)24-17)23-18(21)19(22,14-5-3-7-25-14)15-6-4-8-26-15;1-5-14-13-10-11-22-16(19-20-17(22)18(2,3)4)15(13)23(21-14)12-8-6-7-9-12;/h3-8,11-13,16-17,22H,9-10H2,1-2H3;12H,5-11H2,1-4H3;1H/q+1;;/p-1/t11?,12?,13?,16-,17+;;. The molecule has 10 nitrogen and oxygen atoms in total. The molecular weight excluding hydrogens is 736 g/mol. The van der Waals surface area contributed by atoms with Gasteiger partial charge in [-0.25, -0.2) is 4.79 Å². The van der Waals surface area contributed by atoms with Gasteiger partial charge in [0.1, 0.15) is 41.9 Å². The summed E-state index contributed by atoms with van der Waals surface area (Å²) in [6, 6.07) is 8.56. The van der Waals surface area contributed by atoms with Crippen molar-refractivity contribution >= 4 is 28.6 Å². The molecule has 0 radical (unpaired) electrons. The van der Waals surface area contributed by atoms with E-state index in [1.54, 1.807) is 12.1 Å². The van der Waals surface area contributed by atoms with Crippen LogP contribution in [0.1, 0.15) is 99.1 Å². The molecule has 50 heavy (non-hydrogen) atoms. The van der Waals surface area contributed by atoms with Crippen molar-refractivity contribution < 1.29 is 40.8 Å². The Labute approximate surface area is 313 Å². The van der Waals surface area contributed by atoms with Crippen LogP contribution in [0.2, 0.25) is 0 Å². The van der Waals surface area contributed by atoms with Crippen molar-refractivity contribution in [2.45, 2.75) is 133 Å². The van der Waals surface area contributed by atoms with Gasteiger partial charge in [-0.1, -0.05) is 52.7 Å². The van der Waals surface area contributed by atoms with Gasteiger partial charge in [-0.15, -0.1) is 32.9 Å². The molecule has 4 fully saturated rings. The predicted octanol–water partition coefficient (Wildman–Crippen LogP) is 3.02. The van der Waals surface area contributed by atoms with Crippen LogP contribution in [0.25, 0.3) is 11.5 Å². The number of halogens is 1.